The minimum absolute atomic E-state index is 0.0387. The van der Waals surface area contributed by atoms with Crippen LogP contribution < -0.4 is 5.32 Å². The molecule has 0 bridgehead atoms. The molecule has 2 rings (SSSR count). The monoisotopic (exact) mass is 292 g/mol. The van der Waals surface area contributed by atoms with Gasteiger partial charge in [0.2, 0.25) is 5.91 Å². The summed E-state index contributed by atoms with van der Waals surface area (Å²) in [6.07, 6.45) is 0.325. The zero-order chi connectivity index (χ0) is 14.7. The van der Waals surface area contributed by atoms with Crippen LogP contribution in [0, 0.1) is 20.8 Å². The van der Waals surface area contributed by atoms with E-state index in [1.54, 1.807) is 6.07 Å². The first-order valence-electron chi connectivity index (χ1n) is 6.36. The Hall–Kier alpha value is -1.88. The van der Waals surface area contributed by atoms with Gasteiger partial charge in [0.05, 0.1) is 12.1 Å². The number of carbonyl (C=O) groups is 1. The minimum atomic E-state index is -0.0387. The van der Waals surface area contributed by atoms with Gasteiger partial charge in [0.15, 0.2) is 0 Å². The fourth-order valence-corrected chi connectivity index (χ4v) is 2.33. The highest BCUT2D eigenvalue weighted by molar-refractivity contribution is 6.29. The molecule has 2 heterocycles. The Labute approximate surface area is 122 Å². The Morgan fingerprint density at radius 2 is 2.10 bits per heavy atom. The van der Waals surface area contributed by atoms with Crippen LogP contribution >= 0.6 is 11.6 Å². The molecule has 0 fully saturated rings. The van der Waals surface area contributed by atoms with Crippen LogP contribution in [0.25, 0.3) is 0 Å². The molecule has 106 valence electrons. The summed E-state index contributed by atoms with van der Waals surface area (Å²) in [5.41, 5.74) is 4.52. The molecule has 0 aliphatic rings. The Balaban J connectivity index is 1.95. The van der Waals surface area contributed by atoms with E-state index in [0.717, 1.165) is 28.2 Å². The second kappa shape index (κ2) is 6.05. The SMILES string of the molecule is Cc1cc(CNC(=O)Cc2c(C)n[nH]c2C)cc(Cl)n1. The minimum Gasteiger partial charge on any atom is -0.352 e. The van der Waals surface area contributed by atoms with E-state index in [1.165, 1.54) is 0 Å². The van der Waals surface area contributed by atoms with E-state index in [4.69, 9.17) is 11.6 Å². The second-order valence-electron chi connectivity index (χ2n) is 4.81. The van der Waals surface area contributed by atoms with Crippen LogP contribution in [0.15, 0.2) is 12.1 Å². The lowest BCUT2D eigenvalue weighted by atomic mass is 10.1. The van der Waals surface area contributed by atoms with Gasteiger partial charge >= 0.3 is 0 Å². The van der Waals surface area contributed by atoms with Crippen LogP contribution in [0.4, 0.5) is 0 Å². The third-order valence-corrected chi connectivity index (χ3v) is 3.28. The van der Waals surface area contributed by atoms with Gasteiger partial charge in [-0.2, -0.15) is 5.10 Å². The predicted octanol–water partition coefficient (Wildman–Crippen LogP) is 2.24. The van der Waals surface area contributed by atoms with E-state index in [-0.39, 0.29) is 5.91 Å². The fourth-order valence-electron chi connectivity index (χ4n) is 2.06. The van der Waals surface area contributed by atoms with Gasteiger partial charge < -0.3 is 5.32 Å². The van der Waals surface area contributed by atoms with E-state index in [9.17, 15) is 4.79 Å². The maximum Gasteiger partial charge on any atom is 0.224 e. The van der Waals surface area contributed by atoms with E-state index in [2.05, 4.69) is 20.5 Å². The number of H-pyrrole nitrogens is 1. The smallest absolute Gasteiger partial charge is 0.224 e. The Morgan fingerprint density at radius 1 is 1.35 bits per heavy atom. The van der Waals surface area contributed by atoms with Crippen molar-refractivity contribution in [3.63, 3.8) is 0 Å². The molecular weight excluding hydrogens is 276 g/mol. The van der Waals surface area contributed by atoms with Gasteiger partial charge in [0.1, 0.15) is 5.15 Å². The summed E-state index contributed by atoms with van der Waals surface area (Å²) in [4.78, 5) is 16.0. The van der Waals surface area contributed by atoms with Crippen LogP contribution in [0.1, 0.15) is 28.2 Å². The highest BCUT2D eigenvalue weighted by Gasteiger charge is 2.11. The zero-order valence-corrected chi connectivity index (χ0v) is 12.5. The number of aromatic nitrogens is 3. The molecule has 0 saturated heterocycles. The molecule has 0 saturated carbocycles. The van der Waals surface area contributed by atoms with Crippen LogP contribution in [-0.2, 0) is 17.8 Å². The Kier molecular flexibility index (Phi) is 4.39. The highest BCUT2D eigenvalue weighted by atomic mass is 35.5. The number of hydrogen-bond donors (Lipinski definition) is 2. The molecule has 0 aromatic carbocycles. The Morgan fingerprint density at radius 3 is 2.70 bits per heavy atom. The molecule has 2 aromatic rings. The van der Waals surface area contributed by atoms with Crippen molar-refractivity contribution in [2.24, 2.45) is 0 Å². The van der Waals surface area contributed by atoms with Crippen LogP contribution in [0.3, 0.4) is 0 Å². The topological polar surface area (TPSA) is 70.7 Å². The molecular formula is C14H17ClN4O. The number of carbonyl (C=O) groups excluding carboxylic acids is 1. The molecule has 0 atom stereocenters. The molecule has 0 unspecified atom stereocenters. The summed E-state index contributed by atoms with van der Waals surface area (Å²) in [7, 11) is 0. The summed E-state index contributed by atoms with van der Waals surface area (Å²) >= 11 is 5.89. The van der Waals surface area contributed by atoms with Crippen LogP contribution in [-0.4, -0.2) is 21.1 Å². The van der Waals surface area contributed by atoms with E-state index in [1.807, 2.05) is 26.8 Å². The lowest BCUT2D eigenvalue weighted by Gasteiger charge is -2.07. The van der Waals surface area contributed by atoms with Crippen LogP contribution in [0.5, 0.6) is 0 Å². The number of nitrogens with one attached hydrogen (secondary N) is 2. The first-order valence-corrected chi connectivity index (χ1v) is 6.73. The fraction of sp³-hybridized carbons (Fsp3) is 0.357. The zero-order valence-electron chi connectivity index (χ0n) is 11.7. The van der Waals surface area contributed by atoms with Gasteiger partial charge in [-0.25, -0.2) is 4.98 Å². The molecule has 2 aromatic heterocycles. The van der Waals surface area contributed by atoms with Crippen molar-refractivity contribution in [1.82, 2.24) is 20.5 Å². The summed E-state index contributed by atoms with van der Waals surface area (Å²) in [5.74, 6) is -0.0387. The summed E-state index contributed by atoms with van der Waals surface area (Å²) in [6, 6.07) is 3.66. The molecule has 0 aliphatic heterocycles. The van der Waals surface area contributed by atoms with E-state index >= 15 is 0 Å². The van der Waals surface area contributed by atoms with Crippen molar-refractivity contribution in [1.29, 1.82) is 0 Å². The molecule has 0 aliphatic carbocycles. The Bertz CT molecular complexity index is 596. The van der Waals surface area contributed by atoms with Crippen molar-refractivity contribution >= 4 is 17.5 Å². The largest absolute Gasteiger partial charge is 0.352 e. The third kappa shape index (κ3) is 3.57. The van der Waals surface area contributed by atoms with Crippen molar-refractivity contribution in [3.8, 4) is 0 Å². The molecule has 5 nitrogen and oxygen atoms in total. The number of amides is 1. The number of nitrogens with zero attached hydrogens (tertiary/aromatic N) is 2. The maximum atomic E-state index is 12.0. The van der Waals surface area contributed by atoms with Gasteiger partial charge in [0.25, 0.3) is 0 Å². The van der Waals surface area contributed by atoms with Gasteiger partial charge in [-0.15, -0.1) is 0 Å². The second-order valence-corrected chi connectivity index (χ2v) is 5.19. The molecule has 6 heteroatoms. The predicted molar refractivity (Wildman–Crippen MR) is 77.6 cm³/mol. The van der Waals surface area contributed by atoms with Gasteiger partial charge in [-0.1, -0.05) is 11.6 Å². The summed E-state index contributed by atoms with van der Waals surface area (Å²) < 4.78 is 0. The van der Waals surface area contributed by atoms with E-state index in [0.29, 0.717) is 18.1 Å². The maximum absolute atomic E-state index is 12.0. The molecule has 0 spiro atoms. The number of rotatable bonds is 4. The average molecular weight is 293 g/mol. The average Bonchev–Trinajstić information content (AvgIpc) is 2.67. The number of pyridine rings is 1. The van der Waals surface area contributed by atoms with Gasteiger partial charge in [0, 0.05) is 23.5 Å². The summed E-state index contributed by atoms with van der Waals surface area (Å²) in [5, 5.41) is 10.3. The standard InChI is InChI=1S/C14H17ClN4O/c1-8-4-11(5-13(15)17-8)7-16-14(20)6-12-9(2)18-19-10(12)3/h4-5H,6-7H2,1-3H3,(H,16,20)(H,18,19). The first-order chi connectivity index (χ1) is 9.45. The van der Waals surface area contributed by atoms with Crippen LogP contribution in [0.2, 0.25) is 5.15 Å². The van der Waals surface area contributed by atoms with Crippen molar-refractivity contribution in [3.05, 3.63) is 45.5 Å². The number of aromatic amines is 1. The van der Waals surface area contributed by atoms with Gasteiger partial charge in [-0.3, -0.25) is 9.89 Å². The lowest BCUT2D eigenvalue weighted by Crippen LogP contribution is -2.25. The molecule has 20 heavy (non-hydrogen) atoms. The number of aryl methyl sites for hydroxylation is 3. The highest BCUT2D eigenvalue weighted by Crippen LogP contribution is 2.11. The van der Waals surface area contributed by atoms with E-state index < -0.39 is 0 Å². The normalized spacial score (nSPS) is 10.6. The summed E-state index contributed by atoms with van der Waals surface area (Å²) in [6.45, 7) is 6.11. The third-order valence-electron chi connectivity index (χ3n) is 3.09. The van der Waals surface area contributed by atoms with Crippen molar-refractivity contribution < 1.29 is 4.79 Å². The molecule has 0 radical (unpaired) electrons. The first kappa shape index (κ1) is 14.5. The molecule has 1 amide bonds. The van der Waals surface area contributed by atoms with Crippen molar-refractivity contribution in [2.75, 3.05) is 0 Å². The number of hydrogen-bond acceptors (Lipinski definition) is 3. The lowest BCUT2D eigenvalue weighted by molar-refractivity contribution is -0.120. The van der Waals surface area contributed by atoms with Gasteiger partial charge in [-0.05, 0) is 38.5 Å². The van der Waals surface area contributed by atoms with Crippen molar-refractivity contribution in [2.45, 2.75) is 33.7 Å². The quantitative estimate of drug-likeness (QED) is 0.849. The molecule has 2 N–H and O–H groups in total. The number of halogens is 1.